The first-order valence-corrected chi connectivity index (χ1v) is 12.2. The van der Waals surface area contributed by atoms with Gasteiger partial charge in [0.05, 0.1) is 27.8 Å². The number of allylic oxidation sites excluding steroid dienone is 4. The molecule has 2 aromatic rings. The van der Waals surface area contributed by atoms with Crippen LogP contribution in [0.1, 0.15) is 45.2 Å². The van der Waals surface area contributed by atoms with Crippen LogP contribution in [0, 0.1) is 6.92 Å². The number of hydrogen-bond acceptors (Lipinski definition) is 6. The Labute approximate surface area is 220 Å². The molecule has 8 nitrogen and oxygen atoms in total. The van der Waals surface area contributed by atoms with Gasteiger partial charge in [-0.15, -0.1) is 0 Å². The van der Waals surface area contributed by atoms with Crippen LogP contribution in [0.4, 0.5) is 17.1 Å². The Kier molecular flexibility index (Phi) is 6.97. The van der Waals surface area contributed by atoms with E-state index >= 15 is 0 Å². The second-order valence-electron chi connectivity index (χ2n) is 9.89. The molecule has 0 saturated carbocycles. The Bertz CT molecular complexity index is 1420. The molecular formula is C28H28ClN3O5. The van der Waals surface area contributed by atoms with E-state index < -0.39 is 17.4 Å². The zero-order valence-corrected chi connectivity index (χ0v) is 22.0. The Balaban J connectivity index is 1.74. The number of aromatic hydroxyl groups is 1. The van der Waals surface area contributed by atoms with E-state index in [0.717, 1.165) is 5.56 Å². The van der Waals surface area contributed by atoms with Gasteiger partial charge in [-0.25, -0.2) is 4.99 Å². The number of fused-ring (bicyclic) bond motifs is 1. The molecule has 2 amide bonds. The van der Waals surface area contributed by atoms with Crippen molar-refractivity contribution in [2.45, 2.75) is 52.6 Å². The number of carbonyl (C=O) groups is 3. The molecule has 9 heteroatoms. The number of benzene rings is 2. The molecule has 1 unspecified atom stereocenters. The molecule has 1 aliphatic heterocycles. The number of halogens is 1. The van der Waals surface area contributed by atoms with Gasteiger partial charge in [0, 0.05) is 17.4 Å². The van der Waals surface area contributed by atoms with Crippen molar-refractivity contribution in [2.24, 2.45) is 4.99 Å². The molecule has 1 aliphatic carbocycles. The summed E-state index contributed by atoms with van der Waals surface area (Å²) in [6.07, 6.45) is 3.66. The van der Waals surface area contributed by atoms with Crippen molar-refractivity contribution >= 4 is 52.0 Å². The Morgan fingerprint density at radius 1 is 1.22 bits per heavy atom. The monoisotopic (exact) mass is 521 g/mol. The van der Waals surface area contributed by atoms with Crippen LogP contribution >= 0.6 is 11.6 Å². The lowest BCUT2D eigenvalue weighted by Gasteiger charge is -2.34. The maximum atomic E-state index is 13.1. The van der Waals surface area contributed by atoms with E-state index in [2.05, 4.69) is 15.6 Å². The van der Waals surface area contributed by atoms with Crippen LogP contribution in [-0.4, -0.2) is 34.5 Å². The van der Waals surface area contributed by atoms with Crippen LogP contribution in [0.15, 0.2) is 53.1 Å². The Morgan fingerprint density at radius 3 is 2.62 bits per heavy atom. The Morgan fingerprint density at radius 2 is 1.95 bits per heavy atom. The molecule has 0 aromatic heterocycles. The summed E-state index contributed by atoms with van der Waals surface area (Å²) in [7, 11) is 0. The molecule has 0 bridgehead atoms. The second-order valence-corrected chi connectivity index (χ2v) is 10.3. The number of ether oxygens (including phenoxy) is 1. The summed E-state index contributed by atoms with van der Waals surface area (Å²) in [5, 5.41) is 17.2. The molecule has 37 heavy (non-hydrogen) atoms. The van der Waals surface area contributed by atoms with Crippen LogP contribution < -0.4 is 15.4 Å². The first-order chi connectivity index (χ1) is 17.4. The first kappa shape index (κ1) is 26.2. The molecule has 3 N–H and O–H groups in total. The van der Waals surface area contributed by atoms with Gasteiger partial charge in [-0.1, -0.05) is 31.5 Å². The number of rotatable bonds is 5. The van der Waals surface area contributed by atoms with E-state index in [9.17, 15) is 19.5 Å². The minimum atomic E-state index is -0.935. The van der Waals surface area contributed by atoms with Crippen LogP contribution in [0.25, 0.3) is 0 Å². The minimum absolute atomic E-state index is 0.121. The summed E-state index contributed by atoms with van der Waals surface area (Å²) in [4.78, 5) is 41.9. The van der Waals surface area contributed by atoms with E-state index in [0.29, 0.717) is 39.0 Å². The predicted molar refractivity (Wildman–Crippen MR) is 144 cm³/mol. The Hall–Kier alpha value is -3.91. The summed E-state index contributed by atoms with van der Waals surface area (Å²) < 4.78 is 5.76. The number of nitrogens with one attached hydrogen (secondary N) is 2. The number of ketones is 1. The highest BCUT2D eigenvalue weighted by molar-refractivity contribution is 6.32. The van der Waals surface area contributed by atoms with E-state index in [1.165, 1.54) is 18.2 Å². The topological polar surface area (TPSA) is 117 Å². The van der Waals surface area contributed by atoms with Crippen molar-refractivity contribution in [1.82, 2.24) is 0 Å². The van der Waals surface area contributed by atoms with Crippen molar-refractivity contribution in [1.29, 1.82) is 0 Å². The standard InChI is InChI=1S/C28H28ClN3O5/c1-14-6-9-22(18(29)10-14)37-16(3)27(36)31-21-12-20(30-19-8-7-17(33)11-15(19)2)25-24(26(21)35)28(4,5)13-23(34)32-25/h6-12,16,35H,13H2,1-5H3,(H,31,36)(H,32,34). The van der Waals surface area contributed by atoms with Crippen LogP contribution in [0.5, 0.6) is 11.5 Å². The lowest BCUT2D eigenvalue weighted by atomic mass is 9.76. The third kappa shape index (κ3) is 5.44. The van der Waals surface area contributed by atoms with Crippen LogP contribution in [0.2, 0.25) is 5.02 Å². The highest BCUT2D eigenvalue weighted by Crippen LogP contribution is 2.50. The van der Waals surface area contributed by atoms with Gasteiger partial charge in [-0.3, -0.25) is 14.4 Å². The lowest BCUT2D eigenvalue weighted by Crippen LogP contribution is -2.33. The van der Waals surface area contributed by atoms with Crippen molar-refractivity contribution in [2.75, 3.05) is 10.6 Å². The van der Waals surface area contributed by atoms with Gasteiger partial charge < -0.3 is 20.5 Å². The van der Waals surface area contributed by atoms with Crippen molar-refractivity contribution < 1.29 is 24.2 Å². The lowest BCUT2D eigenvalue weighted by molar-refractivity contribution is -0.122. The number of phenolic OH excluding ortho intramolecular Hbond substituents is 1. The molecule has 192 valence electrons. The van der Waals surface area contributed by atoms with Gasteiger partial charge in [0.25, 0.3) is 5.91 Å². The summed E-state index contributed by atoms with van der Waals surface area (Å²) in [5.41, 5.74) is 2.66. The minimum Gasteiger partial charge on any atom is -0.505 e. The molecule has 2 aliphatic rings. The SMILES string of the molecule is CC1=CC(=O)C=CC1=Nc1cc(NC(=O)C(C)Oc2ccc(C)cc2Cl)c(O)c2c1NC(=O)CC2(C)C. The largest absolute Gasteiger partial charge is 0.505 e. The molecule has 1 heterocycles. The third-order valence-corrected chi connectivity index (χ3v) is 6.55. The van der Waals surface area contributed by atoms with E-state index in [1.807, 2.05) is 26.8 Å². The number of aliphatic imine (C=N–C) groups is 1. The summed E-state index contributed by atoms with van der Waals surface area (Å²) in [6.45, 7) is 8.90. The van der Waals surface area contributed by atoms with Gasteiger partial charge in [0.2, 0.25) is 5.91 Å². The van der Waals surface area contributed by atoms with Gasteiger partial charge in [-0.2, -0.15) is 0 Å². The number of anilines is 2. The van der Waals surface area contributed by atoms with Crippen LogP contribution in [-0.2, 0) is 19.8 Å². The molecule has 0 spiro atoms. The van der Waals surface area contributed by atoms with Gasteiger partial charge >= 0.3 is 0 Å². The maximum Gasteiger partial charge on any atom is 0.265 e. The molecular weight excluding hydrogens is 494 g/mol. The van der Waals surface area contributed by atoms with Crippen LogP contribution in [0.3, 0.4) is 0 Å². The fourth-order valence-corrected chi connectivity index (χ4v) is 4.64. The number of hydrogen-bond donors (Lipinski definition) is 3. The highest BCUT2D eigenvalue weighted by atomic mass is 35.5. The van der Waals surface area contributed by atoms with Crippen molar-refractivity contribution in [3.63, 3.8) is 0 Å². The highest BCUT2D eigenvalue weighted by Gasteiger charge is 2.38. The predicted octanol–water partition coefficient (Wildman–Crippen LogP) is 5.54. The zero-order chi connectivity index (χ0) is 27.1. The summed E-state index contributed by atoms with van der Waals surface area (Å²) in [6, 6.07) is 6.74. The number of amides is 2. The number of carbonyl (C=O) groups excluding carboxylic acids is 3. The molecule has 1 atom stereocenters. The van der Waals surface area contributed by atoms with E-state index in [4.69, 9.17) is 16.3 Å². The van der Waals surface area contributed by atoms with Gasteiger partial charge in [-0.05, 0) is 68.3 Å². The third-order valence-electron chi connectivity index (χ3n) is 6.25. The van der Waals surface area contributed by atoms with Crippen molar-refractivity contribution in [3.05, 3.63) is 64.2 Å². The smallest absolute Gasteiger partial charge is 0.265 e. The average Bonchev–Trinajstić information content (AvgIpc) is 2.79. The number of phenols is 1. The normalized spacial score (nSPS) is 18.1. The molecule has 4 rings (SSSR count). The second kappa shape index (κ2) is 9.86. The number of nitrogens with zero attached hydrogens (tertiary/aromatic N) is 1. The fourth-order valence-electron chi connectivity index (χ4n) is 4.36. The van der Waals surface area contributed by atoms with Crippen molar-refractivity contribution in [3.8, 4) is 11.5 Å². The molecule has 0 saturated heterocycles. The van der Waals surface area contributed by atoms with Gasteiger partial charge in [0.1, 0.15) is 11.5 Å². The molecule has 0 radical (unpaired) electrons. The van der Waals surface area contributed by atoms with E-state index in [1.54, 1.807) is 32.1 Å². The quantitative estimate of drug-likeness (QED) is 0.353. The van der Waals surface area contributed by atoms with E-state index in [-0.39, 0.29) is 29.5 Å². The number of aryl methyl sites for hydroxylation is 1. The fraction of sp³-hybridized carbons (Fsp3) is 0.286. The molecule has 2 aromatic carbocycles. The summed E-state index contributed by atoms with van der Waals surface area (Å²) >= 11 is 6.24. The summed E-state index contributed by atoms with van der Waals surface area (Å²) in [5.74, 6) is -0.675. The van der Waals surface area contributed by atoms with Gasteiger partial charge in [0.15, 0.2) is 11.9 Å². The zero-order valence-electron chi connectivity index (χ0n) is 21.2. The maximum absolute atomic E-state index is 13.1. The average molecular weight is 522 g/mol. The first-order valence-electron chi connectivity index (χ1n) is 11.8. The molecule has 0 fully saturated rings.